The third-order valence-corrected chi connectivity index (χ3v) is 4.49. The van der Waals surface area contributed by atoms with Gasteiger partial charge >= 0.3 is 0 Å². The number of methoxy groups -OCH3 is 1. The van der Waals surface area contributed by atoms with Gasteiger partial charge in [0.05, 0.1) is 19.3 Å². The number of ether oxygens (including phenoxy) is 1. The van der Waals surface area contributed by atoms with Gasteiger partial charge in [-0.05, 0) is 23.8 Å². The molecule has 2 aromatic carbocycles. The quantitative estimate of drug-likeness (QED) is 0.468. The van der Waals surface area contributed by atoms with Crippen LogP contribution in [0.5, 0.6) is 5.75 Å². The van der Waals surface area contributed by atoms with Gasteiger partial charge in [-0.3, -0.25) is 9.89 Å². The van der Waals surface area contributed by atoms with Crippen LogP contribution in [-0.4, -0.2) is 43.4 Å². The van der Waals surface area contributed by atoms with Crippen LogP contribution in [0.3, 0.4) is 0 Å². The second kappa shape index (κ2) is 8.99. The maximum atomic E-state index is 12.2. The number of rotatable bonds is 8. The number of carbonyl (C=O) groups excluding carboxylic acids is 1. The molecule has 0 aliphatic carbocycles. The Morgan fingerprint density at radius 3 is 2.77 bits per heavy atom. The molecule has 9 nitrogen and oxygen atoms in total. The van der Waals surface area contributed by atoms with E-state index in [1.54, 1.807) is 13.2 Å². The summed E-state index contributed by atoms with van der Waals surface area (Å²) < 4.78 is 5.36. The van der Waals surface area contributed by atoms with Crippen LogP contribution in [0.1, 0.15) is 12.8 Å². The molecule has 0 aliphatic rings. The van der Waals surface area contributed by atoms with Gasteiger partial charge in [0.2, 0.25) is 11.7 Å². The van der Waals surface area contributed by atoms with Crippen LogP contribution < -0.4 is 10.1 Å². The number of nitrogens with one attached hydrogen (secondary N) is 2. The third-order valence-electron chi connectivity index (χ3n) is 4.49. The summed E-state index contributed by atoms with van der Waals surface area (Å²) in [4.78, 5) is 13.7. The van der Waals surface area contributed by atoms with Crippen molar-refractivity contribution in [2.45, 2.75) is 19.4 Å². The summed E-state index contributed by atoms with van der Waals surface area (Å²) >= 11 is 0. The van der Waals surface area contributed by atoms with Crippen molar-refractivity contribution in [3.63, 3.8) is 0 Å². The zero-order valence-corrected chi connectivity index (χ0v) is 16.4. The van der Waals surface area contributed by atoms with Gasteiger partial charge in [0.15, 0.2) is 5.82 Å². The highest BCUT2D eigenvalue weighted by molar-refractivity contribution is 5.90. The van der Waals surface area contributed by atoms with E-state index in [0.29, 0.717) is 31.0 Å². The number of para-hydroxylation sites is 1. The Hall–Kier alpha value is -4.01. The monoisotopic (exact) mass is 403 g/mol. The van der Waals surface area contributed by atoms with Gasteiger partial charge in [0.25, 0.3) is 0 Å². The Balaban J connectivity index is 1.29. The third kappa shape index (κ3) is 4.52. The Bertz CT molecular complexity index is 1120. The first kappa shape index (κ1) is 19.3. The first-order valence-electron chi connectivity index (χ1n) is 9.55. The molecule has 2 N–H and O–H groups in total. The van der Waals surface area contributed by atoms with Gasteiger partial charge in [-0.25, -0.2) is 0 Å². The number of benzene rings is 2. The molecule has 0 saturated carbocycles. The van der Waals surface area contributed by atoms with Crippen molar-refractivity contribution < 1.29 is 9.53 Å². The summed E-state index contributed by atoms with van der Waals surface area (Å²) in [7, 11) is 1.62. The van der Waals surface area contributed by atoms with Crippen molar-refractivity contribution in [1.82, 2.24) is 30.4 Å². The van der Waals surface area contributed by atoms with E-state index in [1.165, 1.54) is 4.80 Å². The van der Waals surface area contributed by atoms with E-state index in [9.17, 15) is 4.79 Å². The minimum absolute atomic E-state index is 0.128. The van der Waals surface area contributed by atoms with E-state index < -0.39 is 0 Å². The van der Waals surface area contributed by atoms with E-state index in [1.807, 2.05) is 54.6 Å². The number of aromatic amines is 1. The number of carbonyl (C=O) groups is 1. The second-order valence-corrected chi connectivity index (χ2v) is 6.59. The lowest BCUT2D eigenvalue weighted by Gasteiger charge is -2.05. The van der Waals surface area contributed by atoms with Crippen LogP contribution in [0.2, 0.25) is 0 Å². The van der Waals surface area contributed by atoms with Crippen LogP contribution in [0.4, 0.5) is 5.82 Å². The first-order chi connectivity index (χ1) is 14.7. The molecule has 1 amide bonds. The molecule has 0 radical (unpaired) electrons. The molecule has 0 saturated heterocycles. The topological polar surface area (TPSA) is 111 Å². The summed E-state index contributed by atoms with van der Waals surface area (Å²) in [6, 6.07) is 19.0. The Morgan fingerprint density at radius 2 is 1.93 bits per heavy atom. The highest BCUT2D eigenvalue weighted by Crippen LogP contribution is 2.29. The second-order valence-electron chi connectivity index (χ2n) is 6.59. The zero-order chi connectivity index (χ0) is 20.8. The van der Waals surface area contributed by atoms with Crippen molar-refractivity contribution in [2.75, 3.05) is 12.4 Å². The number of H-pyrrole nitrogens is 1. The molecule has 0 spiro atoms. The lowest BCUT2D eigenvalue weighted by molar-refractivity contribution is -0.116. The fraction of sp³-hybridized carbons (Fsp3) is 0.190. The average Bonchev–Trinajstić information content (AvgIpc) is 3.44. The molecule has 4 aromatic rings. The van der Waals surface area contributed by atoms with Gasteiger partial charge in [-0.1, -0.05) is 42.5 Å². The minimum Gasteiger partial charge on any atom is -0.496 e. The fourth-order valence-corrected chi connectivity index (χ4v) is 3.02. The maximum Gasteiger partial charge on any atom is 0.225 e. The minimum atomic E-state index is -0.128. The summed E-state index contributed by atoms with van der Waals surface area (Å²) in [5.74, 6) is 1.64. The molecule has 30 heavy (non-hydrogen) atoms. The van der Waals surface area contributed by atoms with Crippen LogP contribution in [0, 0.1) is 0 Å². The molecule has 2 aromatic heterocycles. The fourth-order valence-electron chi connectivity index (χ4n) is 3.02. The maximum absolute atomic E-state index is 12.2. The summed E-state index contributed by atoms with van der Waals surface area (Å²) in [6.07, 6.45) is 0.902. The van der Waals surface area contributed by atoms with Crippen LogP contribution in [0.15, 0.2) is 60.7 Å². The van der Waals surface area contributed by atoms with Crippen molar-refractivity contribution >= 4 is 11.7 Å². The molecular formula is C21H21N7O2. The van der Waals surface area contributed by atoms with E-state index in [0.717, 1.165) is 22.6 Å². The highest BCUT2D eigenvalue weighted by atomic mass is 16.5. The SMILES string of the molecule is COc1ccccc1-c1cc(NC(=O)CCCn2nnc(-c3ccccc3)n2)n[nH]1. The lowest BCUT2D eigenvalue weighted by Crippen LogP contribution is -2.13. The predicted octanol–water partition coefficient (Wildman–Crippen LogP) is 3.16. The van der Waals surface area contributed by atoms with Gasteiger partial charge in [-0.15, -0.1) is 10.2 Å². The molecule has 0 aliphatic heterocycles. The van der Waals surface area contributed by atoms with Crippen LogP contribution in [0.25, 0.3) is 22.6 Å². The summed E-state index contributed by atoms with van der Waals surface area (Å²) in [6.45, 7) is 0.500. The number of nitrogens with zero attached hydrogens (tertiary/aromatic N) is 5. The van der Waals surface area contributed by atoms with Crippen molar-refractivity contribution in [2.24, 2.45) is 0 Å². The standard InChI is InChI=1S/C21H21N7O2/c1-30-18-11-6-5-10-16(18)17-14-19(24-23-17)22-20(29)12-7-13-28-26-21(25-27-28)15-8-3-2-4-9-15/h2-6,8-11,14H,7,12-13H2,1H3,(H2,22,23,24,29). The number of anilines is 1. The Kier molecular flexibility index (Phi) is 5.79. The van der Waals surface area contributed by atoms with Crippen LogP contribution in [-0.2, 0) is 11.3 Å². The van der Waals surface area contributed by atoms with Crippen molar-refractivity contribution in [1.29, 1.82) is 0 Å². The lowest BCUT2D eigenvalue weighted by atomic mass is 10.1. The largest absolute Gasteiger partial charge is 0.496 e. The number of aromatic nitrogens is 6. The van der Waals surface area contributed by atoms with Gasteiger partial charge in [0, 0.05) is 23.6 Å². The van der Waals surface area contributed by atoms with Gasteiger partial charge in [0.1, 0.15) is 5.75 Å². The van der Waals surface area contributed by atoms with E-state index in [-0.39, 0.29) is 5.91 Å². The van der Waals surface area contributed by atoms with E-state index in [4.69, 9.17) is 4.74 Å². The average molecular weight is 403 g/mol. The number of amides is 1. The summed E-state index contributed by atoms with van der Waals surface area (Å²) in [5.41, 5.74) is 2.55. The highest BCUT2D eigenvalue weighted by Gasteiger charge is 2.11. The number of tetrazole rings is 1. The number of hydrogen-bond donors (Lipinski definition) is 2. The molecule has 0 atom stereocenters. The Morgan fingerprint density at radius 1 is 1.13 bits per heavy atom. The van der Waals surface area contributed by atoms with Crippen molar-refractivity contribution in [3.8, 4) is 28.4 Å². The molecule has 0 bridgehead atoms. The summed E-state index contributed by atoms with van der Waals surface area (Å²) in [5, 5.41) is 22.3. The molecule has 0 fully saturated rings. The predicted molar refractivity (Wildman–Crippen MR) is 112 cm³/mol. The van der Waals surface area contributed by atoms with Gasteiger partial charge in [-0.2, -0.15) is 9.90 Å². The molecule has 0 unspecified atom stereocenters. The van der Waals surface area contributed by atoms with Gasteiger partial charge < -0.3 is 10.1 Å². The Labute approximate surface area is 173 Å². The molecule has 2 heterocycles. The molecule has 4 rings (SSSR count). The zero-order valence-electron chi connectivity index (χ0n) is 16.4. The first-order valence-corrected chi connectivity index (χ1v) is 9.55. The smallest absolute Gasteiger partial charge is 0.225 e. The van der Waals surface area contributed by atoms with E-state index in [2.05, 4.69) is 30.9 Å². The normalized spacial score (nSPS) is 10.7. The molecular weight excluding hydrogens is 382 g/mol. The molecule has 152 valence electrons. The van der Waals surface area contributed by atoms with Crippen molar-refractivity contribution in [3.05, 3.63) is 60.7 Å². The number of hydrogen-bond acceptors (Lipinski definition) is 6. The van der Waals surface area contributed by atoms with E-state index >= 15 is 0 Å². The molecule has 9 heteroatoms. The van der Waals surface area contributed by atoms with Crippen LogP contribution >= 0.6 is 0 Å². The number of aryl methyl sites for hydroxylation is 1.